The minimum absolute atomic E-state index is 0.0896. The van der Waals surface area contributed by atoms with Gasteiger partial charge in [0.25, 0.3) is 11.8 Å². The molecule has 1 saturated heterocycles. The van der Waals surface area contributed by atoms with Crippen molar-refractivity contribution >= 4 is 56.1 Å². The normalized spacial score (nSPS) is 14.5. The third kappa shape index (κ3) is 5.29. The van der Waals surface area contributed by atoms with Gasteiger partial charge >= 0.3 is 0 Å². The van der Waals surface area contributed by atoms with Crippen LogP contribution in [-0.2, 0) is 4.74 Å². The number of nitrogens with zero attached hydrogens (tertiary/aromatic N) is 4. The fourth-order valence-electron chi connectivity index (χ4n) is 3.03. The van der Waals surface area contributed by atoms with E-state index in [2.05, 4.69) is 20.2 Å². The van der Waals surface area contributed by atoms with Crippen molar-refractivity contribution in [2.45, 2.75) is 6.42 Å². The Morgan fingerprint density at radius 2 is 2.07 bits per heavy atom. The molecule has 1 fully saturated rings. The van der Waals surface area contributed by atoms with Crippen LogP contribution in [0.2, 0.25) is 0 Å². The Kier molecular flexibility index (Phi) is 7.18. The SMILES string of the molecule is O=C(Nc1nccs1)c1csc(N(CCCN2CCOCC2)C(=O)c2cccs2)n1. The molecule has 1 aliphatic rings. The van der Waals surface area contributed by atoms with Gasteiger partial charge in [-0.1, -0.05) is 6.07 Å². The van der Waals surface area contributed by atoms with Crippen molar-refractivity contribution < 1.29 is 14.3 Å². The molecule has 4 rings (SSSR count). The topological polar surface area (TPSA) is 87.7 Å². The molecule has 8 nitrogen and oxygen atoms in total. The molecule has 158 valence electrons. The van der Waals surface area contributed by atoms with E-state index in [0.29, 0.717) is 21.7 Å². The number of hydrogen-bond donors (Lipinski definition) is 1. The fourth-order valence-corrected chi connectivity index (χ4v) is 5.06. The molecular weight excluding hydrogens is 442 g/mol. The van der Waals surface area contributed by atoms with Crippen LogP contribution in [-0.4, -0.2) is 66.1 Å². The van der Waals surface area contributed by atoms with Gasteiger partial charge < -0.3 is 4.74 Å². The molecule has 0 saturated carbocycles. The lowest BCUT2D eigenvalue weighted by Gasteiger charge is -2.27. The Labute approximate surface area is 186 Å². The summed E-state index contributed by atoms with van der Waals surface area (Å²) < 4.78 is 5.39. The molecule has 0 bridgehead atoms. The van der Waals surface area contributed by atoms with Crippen LogP contribution in [0.3, 0.4) is 0 Å². The van der Waals surface area contributed by atoms with E-state index >= 15 is 0 Å². The van der Waals surface area contributed by atoms with Gasteiger partial charge in [-0.15, -0.1) is 34.0 Å². The van der Waals surface area contributed by atoms with Crippen molar-refractivity contribution in [3.63, 3.8) is 0 Å². The summed E-state index contributed by atoms with van der Waals surface area (Å²) in [5.41, 5.74) is 0.280. The highest BCUT2D eigenvalue weighted by atomic mass is 32.1. The maximum absolute atomic E-state index is 13.1. The second-order valence-electron chi connectivity index (χ2n) is 6.55. The van der Waals surface area contributed by atoms with Crippen molar-refractivity contribution in [3.8, 4) is 0 Å². The predicted molar refractivity (Wildman–Crippen MR) is 120 cm³/mol. The monoisotopic (exact) mass is 463 g/mol. The number of carbonyl (C=O) groups is 2. The number of thiazole rings is 2. The van der Waals surface area contributed by atoms with Crippen molar-refractivity contribution in [1.29, 1.82) is 0 Å². The van der Waals surface area contributed by atoms with Crippen molar-refractivity contribution in [2.75, 3.05) is 49.6 Å². The fraction of sp³-hybridized carbons (Fsp3) is 0.368. The van der Waals surface area contributed by atoms with Crippen LogP contribution >= 0.6 is 34.0 Å². The van der Waals surface area contributed by atoms with Gasteiger partial charge in [-0.3, -0.25) is 24.7 Å². The second kappa shape index (κ2) is 10.2. The van der Waals surface area contributed by atoms with Crippen LogP contribution in [0.4, 0.5) is 10.3 Å². The van der Waals surface area contributed by atoms with E-state index in [1.54, 1.807) is 21.9 Å². The van der Waals surface area contributed by atoms with Gasteiger partial charge in [0.15, 0.2) is 10.3 Å². The number of morpholine rings is 1. The lowest BCUT2D eigenvalue weighted by molar-refractivity contribution is 0.0376. The first-order valence-corrected chi connectivity index (χ1v) is 12.2. The first-order chi connectivity index (χ1) is 14.7. The number of aromatic nitrogens is 2. The Morgan fingerprint density at radius 3 is 2.80 bits per heavy atom. The van der Waals surface area contributed by atoms with Crippen molar-refractivity contribution in [1.82, 2.24) is 14.9 Å². The Balaban J connectivity index is 1.45. The van der Waals surface area contributed by atoms with E-state index in [1.807, 2.05) is 17.5 Å². The van der Waals surface area contributed by atoms with Gasteiger partial charge in [-0.2, -0.15) is 0 Å². The van der Waals surface area contributed by atoms with Crippen LogP contribution in [0, 0.1) is 0 Å². The van der Waals surface area contributed by atoms with Crippen LogP contribution in [0.1, 0.15) is 26.6 Å². The van der Waals surface area contributed by atoms with Gasteiger partial charge in [0.2, 0.25) is 0 Å². The largest absolute Gasteiger partial charge is 0.379 e. The van der Waals surface area contributed by atoms with E-state index in [0.717, 1.165) is 39.3 Å². The zero-order valence-electron chi connectivity index (χ0n) is 16.2. The molecule has 1 N–H and O–H groups in total. The molecule has 1 aliphatic heterocycles. The average molecular weight is 464 g/mol. The number of amides is 2. The lowest BCUT2D eigenvalue weighted by Crippen LogP contribution is -2.39. The van der Waals surface area contributed by atoms with Crippen LogP contribution < -0.4 is 10.2 Å². The predicted octanol–water partition coefficient (Wildman–Crippen LogP) is 3.28. The highest BCUT2D eigenvalue weighted by molar-refractivity contribution is 7.15. The standard InChI is InChI=1S/C19H21N5O3S3/c25-16(22-18-20-4-12-29-18)14-13-30-19(21-14)24(17(26)15-3-1-11-28-15)6-2-5-23-7-9-27-10-8-23/h1,3-4,11-13H,2,5-10H2,(H,20,22,25). The summed E-state index contributed by atoms with van der Waals surface area (Å²) in [4.78, 5) is 38.7. The molecule has 4 heterocycles. The first kappa shape index (κ1) is 21.1. The molecule has 0 radical (unpaired) electrons. The lowest BCUT2D eigenvalue weighted by atomic mass is 10.3. The van der Waals surface area contributed by atoms with E-state index in [9.17, 15) is 9.59 Å². The minimum Gasteiger partial charge on any atom is -0.379 e. The van der Waals surface area contributed by atoms with Crippen LogP contribution in [0.15, 0.2) is 34.5 Å². The Morgan fingerprint density at radius 1 is 1.20 bits per heavy atom. The maximum Gasteiger partial charge on any atom is 0.276 e. The first-order valence-electron chi connectivity index (χ1n) is 9.52. The summed E-state index contributed by atoms with van der Waals surface area (Å²) in [5, 5.41) is 9.12. The van der Waals surface area contributed by atoms with Crippen LogP contribution in [0.5, 0.6) is 0 Å². The second-order valence-corrected chi connectivity index (χ2v) is 9.23. The van der Waals surface area contributed by atoms with E-state index in [-0.39, 0.29) is 17.5 Å². The van der Waals surface area contributed by atoms with Gasteiger partial charge in [0, 0.05) is 43.1 Å². The van der Waals surface area contributed by atoms with Crippen molar-refractivity contribution in [3.05, 3.63) is 45.0 Å². The smallest absolute Gasteiger partial charge is 0.276 e. The molecule has 0 aromatic carbocycles. The zero-order chi connectivity index (χ0) is 20.8. The average Bonchev–Trinajstić information content (AvgIpc) is 3.54. The third-order valence-electron chi connectivity index (χ3n) is 4.55. The summed E-state index contributed by atoms with van der Waals surface area (Å²) in [6.45, 7) is 4.76. The molecule has 2 amide bonds. The number of anilines is 2. The molecule has 0 spiro atoms. The number of nitrogens with one attached hydrogen (secondary N) is 1. The number of carbonyl (C=O) groups excluding carboxylic acids is 2. The Bertz CT molecular complexity index is 952. The molecule has 3 aromatic rings. The van der Waals surface area contributed by atoms with Gasteiger partial charge in [0.05, 0.1) is 18.1 Å². The summed E-state index contributed by atoms with van der Waals surface area (Å²) in [7, 11) is 0. The van der Waals surface area contributed by atoms with E-state index < -0.39 is 0 Å². The van der Waals surface area contributed by atoms with E-state index in [4.69, 9.17) is 4.74 Å². The van der Waals surface area contributed by atoms with Gasteiger partial charge in [0.1, 0.15) is 5.69 Å². The summed E-state index contributed by atoms with van der Waals surface area (Å²) in [6.07, 6.45) is 2.44. The summed E-state index contributed by atoms with van der Waals surface area (Å²) >= 11 is 4.04. The van der Waals surface area contributed by atoms with Gasteiger partial charge in [-0.25, -0.2) is 9.97 Å². The molecule has 11 heteroatoms. The number of thiophene rings is 1. The van der Waals surface area contributed by atoms with E-state index in [1.165, 1.54) is 34.0 Å². The minimum atomic E-state index is -0.329. The summed E-state index contributed by atoms with van der Waals surface area (Å²) in [5.74, 6) is -0.419. The number of hydrogen-bond acceptors (Lipinski definition) is 9. The molecular formula is C19H21N5O3S3. The Hall–Kier alpha value is -2.18. The van der Waals surface area contributed by atoms with Crippen LogP contribution in [0.25, 0.3) is 0 Å². The third-order valence-corrected chi connectivity index (χ3v) is 6.96. The molecule has 0 atom stereocenters. The summed E-state index contributed by atoms with van der Waals surface area (Å²) in [6, 6.07) is 3.67. The molecule has 30 heavy (non-hydrogen) atoms. The molecule has 0 aliphatic carbocycles. The highest BCUT2D eigenvalue weighted by Gasteiger charge is 2.23. The maximum atomic E-state index is 13.1. The van der Waals surface area contributed by atoms with Gasteiger partial charge in [-0.05, 0) is 17.9 Å². The molecule has 0 unspecified atom stereocenters. The number of rotatable bonds is 8. The molecule has 3 aromatic heterocycles. The van der Waals surface area contributed by atoms with Crippen molar-refractivity contribution in [2.24, 2.45) is 0 Å². The zero-order valence-corrected chi connectivity index (χ0v) is 18.6. The highest BCUT2D eigenvalue weighted by Crippen LogP contribution is 2.25. The quantitative estimate of drug-likeness (QED) is 0.552. The number of ether oxygens (including phenoxy) is 1.